The van der Waals surface area contributed by atoms with Crippen LogP contribution in [0.2, 0.25) is 0 Å². The molecule has 0 radical (unpaired) electrons. The van der Waals surface area contributed by atoms with Crippen molar-refractivity contribution in [3.8, 4) is 33.4 Å². The van der Waals surface area contributed by atoms with Gasteiger partial charge in [0.2, 0.25) is 0 Å². The minimum atomic E-state index is -0.0956. The Morgan fingerprint density at radius 2 is 1.10 bits per heavy atom. The maximum atomic E-state index is 2.57. The molecule has 0 aliphatic heterocycles. The average Bonchev–Trinajstić information content (AvgIpc) is 3.41. The fourth-order valence-corrected chi connectivity index (χ4v) is 10.0. The number of fused-ring (bicyclic) bond motifs is 5. The lowest BCUT2D eigenvalue weighted by atomic mass is 9.57. The Labute approximate surface area is 300 Å². The van der Waals surface area contributed by atoms with Gasteiger partial charge >= 0.3 is 0 Å². The first kappa shape index (κ1) is 29.1. The van der Waals surface area contributed by atoms with Crippen LogP contribution in [0.4, 0.5) is 0 Å². The van der Waals surface area contributed by atoms with Gasteiger partial charge in [-0.05, 0) is 119 Å². The van der Waals surface area contributed by atoms with E-state index in [2.05, 4.69) is 184 Å². The predicted octanol–water partition coefficient (Wildman–Crippen LogP) is 13.1. The van der Waals surface area contributed by atoms with Crippen LogP contribution in [0.3, 0.4) is 0 Å². The van der Waals surface area contributed by atoms with Gasteiger partial charge in [-0.25, -0.2) is 0 Å². The topological polar surface area (TPSA) is 0 Å². The van der Waals surface area contributed by atoms with Crippen molar-refractivity contribution in [2.45, 2.75) is 25.2 Å². The van der Waals surface area contributed by atoms with E-state index < -0.39 is 0 Å². The fourth-order valence-electron chi connectivity index (χ4n) is 10.0. The van der Waals surface area contributed by atoms with Crippen LogP contribution in [-0.4, -0.2) is 0 Å². The van der Waals surface area contributed by atoms with Gasteiger partial charge in [0.15, 0.2) is 0 Å². The molecule has 0 aromatic heterocycles. The lowest BCUT2D eigenvalue weighted by Gasteiger charge is -2.46. The fraction of sp³-hybridized carbons (Fsp3) is 0.137. The molecule has 51 heavy (non-hydrogen) atoms. The van der Waals surface area contributed by atoms with Crippen molar-refractivity contribution >= 4 is 21.5 Å². The zero-order valence-corrected chi connectivity index (χ0v) is 29.0. The maximum absolute atomic E-state index is 2.57. The molecule has 0 saturated heterocycles. The zero-order chi connectivity index (χ0) is 33.8. The van der Waals surface area contributed by atoms with E-state index in [-0.39, 0.29) is 5.41 Å². The van der Waals surface area contributed by atoms with Gasteiger partial charge in [0.25, 0.3) is 0 Å². The van der Waals surface area contributed by atoms with Crippen LogP contribution in [0, 0.1) is 17.8 Å². The molecule has 4 unspecified atom stereocenters. The molecule has 5 aliphatic carbocycles. The molecule has 6 aromatic rings. The van der Waals surface area contributed by atoms with E-state index in [0.29, 0.717) is 23.7 Å². The van der Waals surface area contributed by atoms with E-state index in [1.54, 1.807) is 0 Å². The van der Waals surface area contributed by atoms with E-state index >= 15 is 0 Å². The molecule has 0 heteroatoms. The van der Waals surface area contributed by atoms with Crippen LogP contribution in [-0.2, 0) is 5.41 Å². The van der Waals surface area contributed by atoms with Gasteiger partial charge in [-0.15, -0.1) is 0 Å². The molecule has 0 heterocycles. The highest BCUT2D eigenvalue weighted by atomic mass is 14.5. The van der Waals surface area contributed by atoms with E-state index in [0.717, 1.165) is 0 Å². The van der Waals surface area contributed by atoms with E-state index in [1.807, 2.05) is 0 Å². The number of hydrogen-bond donors (Lipinski definition) is 0. The molecule has 0 spiro atoms. The lowest BCUT2D eigenvalue weighted by Crippen LogP contribution is -2.37. The number of rotatable bonds is 3. The van der Waals surface area contributed by atoms with Crippen LogP contribution in [0.1, 0.15) is 36.5 Å². The summed E-state index contributed by atoms with van der Waals surface area (Å²) in [5.74, 6) is 1.79. The molecule has 0 saturated carbocycles. The van der Waals surface area contributed by atoms with Crippen molar-refractivity contribution in [3.05, 3.63) is 203 Å². The summed E-state index contributed by atoms with van der Waals surface area (Å²) in [6.07, 6.45) is 21.2. The highest BCUT2D eigenvalue weighted by Crippen LogP contribution is 2.55. The molecular formula is C51H38. The highest BCUT2D eigenvalue weighted by molar-refractivity contribution is 5.91. The number of benzene rings is 6. The quantitative estimate of drug-likeness (QED) is 0.179. The van der Waals surface area contributed by atoms with Gasteiger partial charge in [0, 0.05) is 23.2 Å². The third-order valence-electron chi connectivity index (χ3n) is 12.7. The van der Waals surface area contributed by atoms with Gasteiger partial charge in [-0.3, -0.25) is 0 Å². The summed E-state index contributed by atoms with van der Waals surface area (Å²) in [5.41, 5.74) is 16.4. The van der Waals surface area contributed by atoms with Crippen LogP contribution in [0.15, 0.2) is 187 Å². The third kappa shape index (κ3) is 4.33. The highest BCUT2D eigenvalue weighted by Gasteiger charge is 2.44. The van der Waals surface area contributed by atoms with Crippen molar-refractivity contribution in [1.82, 2.24) is 0 Å². The molecule has 11 rings (SSSR count). The van der Waals surface area contributed by atoms with Crippen LogP contribution < -0.4 is 0 Å². The lowest BCUT2D eigenvalue weighted by molar-refractivity contribution is 0.330. The van der Waals surface area contributed by atoms with Crippen molar-refractivity contribution in [3.63, 3.8) is 0 Å². The summed E-state index contributed by atoms with van der Waals surface area (Å²) >= 11 is 0. The molecule has 242 valence electrons. The molecule has 0 nitrogen and oxygen atoms in total. The summed E-state index contributed by atoms with van der Waals surface area (Å²) in [7, 11) is 0. The Balaban J connectivity index is 0.949. The Kier molecular flexibility index (Phi) is 6.06. The van der Waals surface area contributed by atoms with Crippen LogP contribution in [0.25, 0.3) is 54.9 Å². The summed E-state index contributed by atoms with van der Waals surface area (Å²) in [5, 5.41) is 5.17. The molecule has 0 bridgehead atoms. The first-order valence-electron chi connectivity index (χ1n) is 18.5. The third-order valence-corrected chi connectivity index (χ3v) is 12.7. The van der Waals surface area contributed by atoms with Gasteiger partial charge in [0.05, 0.1) is 0 Å². The second kappa shape index (κ2) is 10.6. The molecular weight excluding hydrogens is 613 g/mol. The minimum Gasteiger partial charge on any atom is -0.0798 e. The minimum absolute atomic E-state index is 0.0956. The molecule has 4 atom stereocenters. The van der Waals surface area contributed by atoms with Crippen molar-refractivity contribution in [2.24, 2.45) is 17.8 Å². The van der Waals surface area contributed by atoms with Gasteiger partial charge in [-0.2, -0.15) is 0 Å². The largest absolute Gasteiger partial charge is 0.0798 e. The first-order chi connectivity index (χ1) is 25.0. The average molecular weight is 651 g/mol. The Morgan fingerprint density at radius 1 is 0.490 bits per heavy atom. The van der Waals surface area contributed by atoms with Crippen LogP contribution in [0.5, 0.6) is 0 Å². The molecule has 5 aliphatic rings. The molecule has 0 fully saturated rings. The van der Waals surface area contributed by atoms with E-state index in [9.17, 15) is 0 Å². The normalized spacial score (nSPS) is 23.0. The van der Waals surface area contributed by atoms with Gasteiger partial charge < -0.3 is 0 Å². The Bertz CT molecular complexity index is 2680. The standard InChI is InChI=1S/C51H38/c1-51(2)47-29-38(36-18-13-31-7-3-4-8-35(31)25-36)21-23-43(47)44-24-22-39(30-48(44)51)37-19-14-32-15-20-40(27-42(32)26-37)46-28-41-11-5-9-33-16-17-34-10-6-12-45(46)50(34)49(33)41/h3-30,45-46,49-50H,1-2H3. The van der Waals surface area contributed by atoms with E-state index in [4.69, 9.17) is 0 Å². The van der Waals surface area contributed by atoms with Crippen molar-refractivity contribution < 1.29 is 0 Å². The van der Waals surface area contributed by atoms with Crippen molar-refractivity contribution in [2.75, 3.05) is 0 Å². The molecule has 0 N–H and O–H groups in total. The molecule has 6 aromatic carbocycles. The number of hydrogen-bond acceptors (Lipinski definition) is 0. The second-order valence-corrected chi connectivity index (χ2v) is 15.7. The van der Waals surface area contributed by atoms with Gasteiger partial charge in [-0.1, -0.05) is 160 Å². The first-order valence-corrected chi connectivity index (χ1v) is 18.5. The predicted molar refractivity (Wildman–Crippen MR) is 215 cm³/mol. The number of allylic oxidation sites excluding steroid dienone is 12. The van der Waals surface area contributed by atoms with E-state index in [1.165, 1.54) is 88.3 Å². The molecule has 0 amide bonds. The summed E-state index contributed by atoms with van der Waals surface area (Å²) in [6.45, 7) is 4.79. The summed E-state index contributed by atoms with van der Waals surface area (Å²) < 4.78 is 0. The van der Waals surface area contributed by atoms with Crippen LogP contribution >= 0.6 is 0 Å². The zero-order valence-electron chi connectivity index (χ0n) is 29.0. The summed E-state index contributed by atoms with van der Waals surface area (Å²) in [6, 6.07) is 43.9. The smallest absolute Gasteiger partial charge is 0.0161 e. The summed E-state index contributed by atoms with van der Waals surface area (Å²) in [4.78, 5) is 0. The Morgan fingerprint density at radius 3 is 1.86 bits per heavy atom. The van der Waals surface area contributed by atoms with Crippen molar-refractivity contribution in [1.29, 1.82) is 0 Å². The monoisotopic (exact) mass is 650 g/mol. The Hall–Kier alpha value is -5.72. The van der Waals surface area contributed by atoms with Gasteiger partial charge in [0.1, 0.15) is 0 Å². The maximum Gasteiger partial charge on any atom is 0.0161 e. The SMILES string of the molecule is CC1(C)c2cc(-c3ccc4ccccc4c3)ccc2-c2ccc(-c3ccc4ccc(C5C=C6C=CC=C7C=CC8=CC=CC5C8C76)cc4c3)cc21. The second-order valence-electron chi connectivity index (χ2n) is 15.7.